The molecule has 5 nitrogen and oxygen atoms in total. The molecular weight excluding hydrogens is 424 g/mol. The Morgan fingerprint density at radius 2 is 1.63 bits per heavy atom. The summed E-state index contributed by atoms with van der Waals surface area (Å²) in [7, 11) is -3.86. The Hall–Kier alpha value is -0.680. The van der Waals surface area contributed by atoms with Crippen LogP contribution in [0.25, 0.3) is 0 Å². The summed E-state index contributed by atoms with van der Waals surface area (Å²) in [4.78, 5) is 1.000. The quantitative estimate of drug-likeness (QED) is 0.290. The minimum Gasteiger partial charge on any atom is -0.605 e. The summed E-state index contributed by atoms with van der Waals surface area (Å²) in [6.07, 6.45) is -1.28. The van der Waals surface area contributed by atoms with Crippen molar-refractivity contribution in [2.75, 3.05) is 11.5 Å². The summed E-state index contributed by atoms with van der Waals surface area (Å²) in [6, 6.07) is 14.3. The van der Waals surface area contributed by atoms with Crippen molar-refractivity contribution in [3.8, 4) is 0 Å². The second kappa shape index (κ2) is 9.21. The molecule has 27 heavy (non-hydrogen) atoms. The minimum absolute atomic E-state index is 0.106. The van der Waals surface area contributed by atoms with Crippen LogP contribution in [-0.4, -0.2) is 36.7 Å². The third kappa shape index (κ3) is 5.90. The van der Waals surface area contributed by atoms with Crippen molar-refractivity contribution < 1.29 is 21.3 Å². The maximum Gasteiger partial charge on any atom is 0.297 e. The van der Waals surface area contributed by atoms with Crippen molar-refractivity contribution in [1.29, 1.82) is 0 Å². The number of rotatable bonds is 6. The normalized spacial score (nSPS) is 23.3. The number of hydrogen-bond acceptors (Lipinski definition) is 7. The third-order valence-electron chi connectivity index (χ3n) is 3.93. The van der Waals surface area contributed by atoms with E-state index in [-0.39, 0.29) is 16.4 Å². The van der Waals surface area contributed by atoms with Crippen LogP contribution in [0, 0.1) is 13.8 Å². The molecule has 0 aromatic heterocycles. The second-order valence-corrected chi connectivity index (χ2v) is 11.9. The molecule has 9 heteroatoms. The first-order valence-electron chi connectivity index (χ1n) is 8.25. The van der Waals surface area contributed by atoms with Gasteiger partial charge in [-0.3, -0.25) is 8.37 Å². The van der Waals surface area contributed by atoms with Crippen LogP contribution in [0.2, 0.25) is 0 Å². The van der Waals surface area contributed by atoms with Gasteiger partial charge in [-0.2, -0.15) is 8.42 Å². The first kappa shape index (κ1) is 21.0. The molecule has 3 atom stereocenters. The standard InChI is InChI=1S/C18H20O5S4/c1-13-3-7-15(8-4-13)25-22-18-12-26(19)24-11-17(18)23-27(20,21)16-9-5-14(2)6-10-16/h3-10,17-18H,11-12H2,1-2H3. The van der Waals surface area contributed by atoms with E-state index in [1.165, 1.54) is 22.9 Å². The van der Waals surface area contributed by atoms with Crippen molar-refractivity contribution in [1.82, 2.24) is 0 Å². The van der Waals surface area contributed by atoms with Gasteiger partial charge in [0.05, 0.1) is 21.4 Å². The van der Waals surface area contributed by atoms with Crippen LogP contribution in [-0.2, 0) is 28.7 Å². The highest BCUT2D eigenvalue weighted by Crippen LogP contribution is 2.33. The van der Waals surface area contributed by atoms with E-state index >= 15 is 0 Å². The molecule has 0 saturated carbocycles. The van der Waals surface area contributed by atoms with Crippen molar-refractivity contribution in [3.63, 3.8) is 0 Å². The lowest BCUT2D eigenvalue weighted by molar-refractivity contribution is 0.103. The van der Waals surface area contributed by atoms with Gasteiger partial charge in [0, 0.05) is 27.1 Å². The molecule has 1 fully saturated rings. The first-order chi connectivity index (χ1) is 12.8. The summed E-state index contributed by atoms with van der Waals surface area (Å²) in [5.74, 6) is 0.508. The number of hydrogen-bond donors (Lipinski definition) is 0. The van der Waals surface area contributed by atoms with Gasteiger partial charge in [0.1, 0.15) is 18.0 Å². The summed E-state index contributed by atoms with van der Waals surface area (Å²) in [5, 5.41) is 0. The Morgan fingerprint density at radius 3 is 2.26 bits per heavy atom. The van der Waals surface area contributed by atoms with Gasteiger partial charge < -0.3 is 4.55 Å². The van der Waals surface area contributed by atoms with Crippen molar-refractivity contribution in [2.45, 2.75) is 35.8 Å². The van der Waals surface area contributed by atoms with Gasteiger partial charge in [0.2, 0.25) is 0 Å². The molecule has 1 aliphatic heterocycles. The fourth-order valence-electron chi connectivity index (χ4n) is 2.35. The second-order valence-electron chi connectivity index (χ2n) is 6.19. The topological polar surface area (TPSA) is 75.7 Å². The van der Waals surface area contributed by atoms with Gasteiger partial charge in [-0.05, 0) is 38.1 Å². The fourth-order valence-corrected chi connectivity index (χ4v) is 7.06. The molecule has 2 aromatic rings. The highest BCUT2D eigenvalue weighted by atomic mass is 33.1. The maximum atomic E-state index is 12.6. The smallest absolute Gasteiger partial charge is 0.297 e. The van der Waals surface area contributed by atoms with Crippen molar-refractivity contribution >= 4 is 43.2 Å². The molecule has 146 valence electrons. The molecule has 0 radical (unpaired) electrons. The van der Waals surface area contributed by atoms with Crippen LogP contribution in [0.1, 0.15) is 11.1 Å². The third-order valence-corrected chi connectivity index (χ3v) is 9.02. The molecule has 3 unspecified atom stereocenters. The Labute approximate surface area is 171 Å². The van der Waals surface area contributed by atoms with Crippen LogP contribution >= 0.6 is 22.8 Å². The van der Waals surface area contributed by atoms with Gasteiger partial charge in [-0.15, -0.1) is 0 Å². The minimum atomic E-state index is -3.92. The predicted octanol–water partition coefficient (Wildman–Crippen LogP) is 3.88. The Balaban J connectivity index is 1.69. The van der Waals surface area contributed by atoms with E-state index in [0.29, 0.717) is 0 Å². The monoisotopic (exact) mass is 444 g/mol. The lowest BCUT2D eigenvalue weighted by atomic mass is 10.2. The zero-order valence-electron chi connectivity index (χ0n) is 14.9. The highest BCUT2D eigenvalue weighted by Gasteiger charge is 2.39. The molecule has 0 aliphatic carbocycles. The summed E-state index contributed by atoms with van der Waals surface area (Å²) in [5.41, 5.74) is 2.10. The Bertz CT molecular complexity index is 852. The van der Waals surface area contributed by atoms with E-state index in [2.05, 4.69) is 0 Å². The molecule has 0 amide bonds. The highest BCUT2D eigenvalue weighted by molar-refractivity contribution is 8.72. The molecule has 1 heterocycles. The molecule has 0 N–H and O–H groups in total. The van der Waals surface area contributed by atoms with E-state index in [9.17, 15) is 13.0 Å². The lowest BCUT2D eigenvalue weighted by Crippen LogP contribution is -2.42. The Kier molecular flexibility index (Phi) is 7.18. The van der Waals surface area contributed by atoms with E-state index in [1.54, 1.807) is 12.1 Å². The predicted molar refractivity (Wildman–Crippen MR) is 111 cm³/mol. The van der Waals surface area contributed by atoms with E-state index in [4.69, 9.17) is 8.37 Å². The van der Waals surface area contributed by atoms with Crippen LogP contribution in [0.4, 0.5) is 0 Å². The van der Waals surface area contributed by atoms with Gasteiger partial charge in [0.15, 0.2) is 0 Å². The molecular formula is C18H20O5S4. The number of aryl methyl sites for hydroxylation is 2. The molecule has 2 aromatic carbocycles. The van der Waals surface area contributed by atoms with E-state index < -0.39 is 32.5 Å². The van der Waals surface area contributed by atoms with Crippen molar-refractivity contribution in [2.24, 2.45) is 0 Å². The summed E-state index contributed by atoms with van der Waals surface area (Å²) >= 11 is 1.15. The Morgan fingerprint density at radius 1 is 1.04 bits per heavy atom. The zero-order valence-corrected chi connectivity index (χ0v) is 18.1. The van der Waals surface area contributed by atoms with Gasteiger partial charge >= 0.3 is 0 Å². The molecule has 1 aliphatic rings. The van der Waals surface area contributed by atoms with Gasteiger partial charge in [-0.25, -0.2) is 0 Å². The zero-order chi connectivity index (χ0) is 19.4. The first-order valence-corrected chi connectivity index (χ1v) is 13.2. The molecule has 0 spiro atoms. The summed E-state index contributed by atoms with van der Waals surface area (Å²) in [6.45, 7) is 3.88. The SMILES string of the molecule is Cc1ccc(SOC2C[S+]([O-])SCC2OS(=O)(=O)c2ccc(C)cc2)cc1. The van der Waals surface area contributed by atoms with Crippen molar-refractivity contribution in [3.05, 3.63) is 59.7 Å². The van der Waals surface area contributed by atoms with Crippen LogP contribution in [0.15, 0.2) is 58.3 Å². The lowest BCUT2D eigenvalue weighted by Gasteiger charge is -2.29. The van der Waals surface area contributed by atoms with Crippen LogP contribution in [0.3, 0.4) is 0 Å². The summed E-state index contributed by atoms with van der Waals surface area (Å²) < 4.78 is 48.4. The van der Waals surface area contributed by atoms with E-state index in [0.717, 1.165) is 28.1 Å². The molecule has 3 rings (SSSR count). The van der Waals surface area contributed by atoms with Crippen LogP contribution < -0.4 is 0 Å². The maximum absolute atomic E-state index is 12.6. The van der Waals surface area contributed by atoms with Gasteiger partial charge in [0.25, 0.3) is 10.1 Å². The fraction of sp³-hybridized carbons (Fsp3) is 0.333. The average Bonchev–Trinajstić information content (AvgIpc) is 2.63. The largest absolute Gasteiger partial charge is 0.605 e. The number of benzene rings is 2. The van der Waals surface area contributed by atoms with Crippen LogP contribution in [0.5, 0.6) is 0 Å². The van der Waals surface area contributed by atoms with E-state index in [1.807, 2.05) is 38.1 Å². The van der Waals surface area contributed by atoms with Gasteiger partial charge in [-0.1, -0.05) is 35.4 Å². The molecule has 0 bridgehead atoms. The molecule has 1 saturated heterocycles. The average molecular weight is 445 g/mol.